The van der Waals surface area contributed by atoms with Gasteiger partial charge in [-0.3, -0.25) is 9.69 Å². The zero-order valence-corrected chi connectivity index (χ0v) is 16.1. The van der Waals surface area contributed by atoms with E-state index >= 15 is 0 Å². The van der Waals surface area contributed by atoms with Crippen molar-refractivity contribution in [2.24, 2.45) is 23.2 Å². The third-order valence-electron chi connectivity index (χ3n) is 8.34. The fourth-order valence-corrected chi connectivity index (χ4v) is 7.21. The van der Waals surface area contributed by atoms with Crippen LogP contribution in [0.1, 0.15) is 65.2 Å². The van der Waals surface area contributed by atoms with Crippen LogP contribution >= 0.6 is 11.6 Å². The summed E-state index contributed by atoms with van der Waals surface area (Å²) in [5.74, 6) is 3.58. The summed E-state index contributed by atoms with van der Waals surface area (Å²) < 4.78 is 0. The number of alkyl halides is 1. The molecule has 3 fully saturated rings. The molecule has 0 radical (unpaired) electrons. The number of fused-ring (bicyclic) bond motifs is 5. The molecule has 2 saturated carbocycles. The average molecular weight is 350 g/mol. The molecule has 4 rings (SSSR count). The number of hydrogen-bond donors (Lipinski definition) is 0. The van der Waals surface area contributed by atoms with E-state index in [1.54, 1.807) is 0 Å². The Morgan fingerprint density at radius 3 is 2.79 bits per heavy atom. The maximum Gasteiger partial charge on any atom is 0.155 e. The number of ketones is 1. The van der Waals surface area contributed by atoms with E-state index in [4.69, 9.17) is 11.6 Å². The number of likely N-dealkylation sites (tertiary alicyclic amines) is 1. The lowest BCUT2D eigenvalue weighted by Gasteiger charge is -2.62. The zero-order valence-electron chi connectivity index (χ0n) is 15.3. The lowest BCUT2D eigenvalue weighted by atomic mass is 9.47. The Morgan fingerprint density at radius 1 is 1.17 bits per heavy atom. The van der Waals surface area contributed by atoms with Crippen LogP contribution in [-0.4, -0.2) is 35.2 Å². The largest absolute Gasteiger partial charge is 0.296 e. The van der Waals surface area contributed by atoms with Gasteiger partial charge in [-0.05, 0) is 87.7 Å². The van der Waals surface area contributed by atoms with Gasteiger partial charge in [0.15, 0.2) is 5.78 Å². The molecule has 2 nitrogen and oxygen atoms in total. The first-order valence-electron chi connectivity index (χ1n) is 10.0. The van der Waals surface area contributed by atoms with E-state index in [0.717, 1.165) is 49.4 Å². The molecule has 1 aliphatic heterocycles. The van der Waals surface area contributed by atoms with Crippen molar-refractivity contribution >= 4 is 17.4 Å². The van der Waals surface area contributed by atoms with Crippen molar-refractivity contribution in [3.63, 3.8) is 0 Å². The number of piperidine rings is 1. The first-order valence-corrected chi connectivity index (χ1v) is 10.6. The highest BCUT2D eigenvalue weighted by Gasteiger charge is 2.57. The van der Waals surface area contributed by atoms with Crippen LogP contribution in [0.2, 0.25) is 0 Å². The van der Waals surface area contributed by atoms with Crippen LogP contribution in [0.3, 0.4) is 0 Å². The summed E-state index contributed by atoms with van der Waals surface area (Å²) in [4.78, 5) is 14.6. The van der Waals surface area contributed by atoms with Gasteiger partial charge in [-0.2, -0.15) is 0 Å². The second-order valence-electron chi connectivity index (χ2n) is 9.18. The van der Waals surface area contributed by atoms with Crippen LogP contribution in [-0.2, 0) is 4.79 Å². The fraction of sp³-hybridized carbons (Fsp3) is 0.857. The first kappa shape index (κ1) is 17.1. The molecule has 5 unspecified atom stereocenters. The summed E-state index contributed by atoms with van der Waals surface area (Å²) in [6, 6.07) is 0. The molecular weight excluding hydrogens is 318 g/mol. The molecule has 5 atom stereocenters. The van der Waals surface area contributed by atoms with E-state index in [0.29, 0.717) is 16.7 Å². The standard InChI is InChI=1S/C21H32ClNO/c1-20-9-7-16(24)14-15(20)5-6-17-18(20)8-10-21(2)19(17)4-3-12-23(21)13-11-22/h14,17-19H,3-13H2,1-2H3. The minimum absolute atomic E-state index is 0.299. The molecule has 0 N–H and O–H groups in total. The van der Waals surface area contributed by atoms with Gasteiger partial charge >= 0.3 is 0 Å². The second kappa shape index (κ2) is 6.13. The quantitative estimate of drug-likeness (QED) is 0.666. The SMILES string of the molecule is CC12CCC(=O)C=C1CCC1C2CCC2(C)C1CCCN2CCCl. The smallest absolute Gasteiger partial charge is 0.155 e. The van der Waals surface area contributed by atoms with Gasteiger partial charge in [0, 0.05) is 24.4 Å². The number of halogens is 1. The maximum atomic E-state index is 11.9. The molecule has 0 spiro atoms. The first-order chi connectivity index (χ1) is 11.5. The summed E-state index contributed by atoms with van der Waals surface area (Å²) in [6.45, 7) is 7.28. The number of nitrogens with zero attached hydrogens (tertiary/aromatic N) is 1. The van der Waals surface area contributed by atoms with Gasteiger partial charge in [0.05, 0.1) is 0 Å². The highest BCUT2D eigenvalue weighted by Crippen LogP contribution is 2.61. The minimum Gasteiger partial charge on any atom is -0.296 e. The van der Waals surface area contributed by atoms with Gasteiger partial charge < -0.3 is 0 Å². The van der Waals surface area contributed by atoms with Gasteiger partial charge in [-0.25, -0.2) is 0 Å². The fourth-order valence-electron chi connectivity index (χ4n) is 7.00. The lowest BCUT2D eigenvalue weighted by Crippen LogP contribution is -2.63. The summed E-state index contributed by atoms with van der Waals surface area (Å²) in [5.41, 5.74) is 2.14. The maximum absolute atomic E-state index is 11.9. The van der Waals surface area contributed by atoms with Crippen molar-refractivity contribution in [2.75, 3.05) is 19.0 Å². The molecule has 0 amide bonds. The van der Waals surface area contributed by atoms with Crippen molar-refractivity contribution in [1.29, 1.82) is 0 Å². The van der Waals surface area contributed by atoms with Crippen LogP contribution in [0.5, 0.6) is 0 Å². The van der Waals surface area contributed by atoms with Crippen molar-refractivity contribution in [3.05, 3.63) is 11.6 Å². The van der Waals surface area contributed by atoms with Crippen LogP contribution in [0, 0.1) is 23.2 Å². The Kier molecular flexibility index (Phi) is 4.36. The predicted octanol–water partition coefficient (Wildman–Crippen LogP) is 4.81. The summed E-state index contributed by atoms with van der Waals surface area (Å²) in [7, 11) is 0. The molecule has 24 heavy (non-hydrogen) atoms. The zero-order chi connectivity index (χ0) is 16.9. The van der Waals surface area contributed by atoms with Gasteiger partial charge in [0.2, 0.25) is 0 Å². The highest BCUT2D eigenvalue weighted by molar-refractivity contribution is 6.18. The molecule has 0 aromatic rings. The van der Waals surface area contributed by atoms with Gasteiger partial charge in [-0.1, -0.05) is 12.5 Å². The van der Waals surface area contributed by atoms with Gasteiger partial charge in [0.25, 0.3) is 0 Å². The molecular formula is C21H32ClNO. The van der Waals surface area contributed by atoms with Crippen molar-refractivity contribution in [3.8, 4) is 0 Å². The number of hydrogen-bond acceptors (Lipinski definition) is 2. The number of allylic oxidation sites excluding steroid dienone is 2. The molecule has 4 aliphatic rings. The number of carbonyl (C=O) groups excluding carboxylic acids is 1. The van der Waals surface area contributed by atoms with E-state index in [1.165, 1.54) is 44.2 Å². The Labute approximate surface area is 152 Å². The van der Waals surface area contributed by atoms with E-state index in [-0.39, 0.29) is 0 Å². The van der Waals surface area contributed by atoms with Crippen LogP contribution < -0.4 is 0 Å². The van der Waals surface area contributed by atoms with Crippen molar-refractivity contribution < 1.29 is 4.79 Å². The van der Waals surface area contributed by atoms with E-state index in [2.05, 4.69) is 18.7 Å². The van der Waals surface area contributed by atoms with Crippen LogP contribution in [0.15, 0.2) is 11.6 Å². The Balaban J connectivity index is 1.64. The summed E-state index contributed by atoms with van der Waals surface area (Å²) >= 11 is 6.11. The Morgan fingerprint density at radius 2 is 2.00 bits per heavy atom. The molecule has 3 heteroatoms. The normalized spacial score (nSPS) is 45.9. The number of carbonyl (C=O) groups is 1. The third-order valence-corrected chi connectivity index (χ3v) is 8.51. The van der Waals surface area contributed by atoms with Crippen molar-refractivity contribution in [2.45, 2.75) is 70.8 Å². The Bertz CT molecular complexity index is 556. The van der Waals surface area contributed by atoms with E-state index in [9.17, 15) is 4.79 Å². The summed E-state index contributed by atoms with van der Waals surface area (Å²) in [5, 5.41) is 0. The van der Waals surface area contributed by atoms with Crippen molar-refractivity contribution in [1.82, 2.24) is 4.90 Å². The number of rotatable bonds is 2. The molecule has 0 bridgehead atoms. The van der Waals surface area contributed by atoms with Gasteiger partial charge in [0.1, 0.15) is 0 Å². The topological polar surface area (TPSA) is 20.3 Å². The molecule has 0 aromatic carbocycles. The van der Waals surface area contributed by atoms with Crippen LogP contribution in [0.25, 0.3) is 0 Å². The highest BCUT2D eigenvalue weighted by atomic mass is 35.5. The molecule has 1 heterocycles. The molecule has 134 valence electrons. The lowest BCUT2D eigenvalue weighted by molar-refractivity contribution is -0.120. The van der Waals surface area contributed by atoms with E-state index < -0.39 is 0 Å². The molecule has 3 aliphatic carbocycles. The third kappa shape index (κ3) is 2.43. The summed E-state index contributed by atoms with van der Waals surface area (Å²) in [6.07, 6.45) is 11.7. The van der Waals surface area contributed by atoms with E-state index in [1.807, 2.05) is 6.08 Å². The predicted molar refractivity (Wildman–Crippen MR) is 99.3 cm³/mol. The monoisotopic (exact) mass is 349 g/mol. The Hall–Kier alpha value is -0.340. The van der Waals surface area contributed by atoms with Gasteiger partial charge in [-0.15, -0.1) is 11.6 Å². The average Bonchev–Trinajstić information content (AvgIpc) is 2.56. The molecule has 1 saturated heterocycles. The second-order valence-corrected chi connectivity index (χ2v) is 9.56. The minimum atomic E-state index is 0.299. The molecule has 0 aromatic heterocycles. The van der Waals surface area contributed by atoms with Crippen LogP contribution in [0.4, 0.5) is 0 Å².